The first-order chi connectivity index (χ1) is 18.1. The smallest absolute Gasteiger partial charge is 0.374 e. The lowest BCUT2D eigenvalue weighted by Gasteiger charge is -2.24. The van der Waals surface area contributed by atoms with E-state index in [0.29, 0.717) is 12.4 Å². The van der Waals surface area contributed by atoms with Gasteiger partial charge in [0.15, 0.2) is 6.54 Å². The van der Waals surface area contributed by atoms with Crippen LogP contribution in [0.25, 0.3) is 17.2 Å². The van der Waals surface area contributed by atoms with E-state index in [0.717, 1.165) is 60.4 Å². The van der Waals surface area contributed by atoms with Crippen molar-refractivity contribution in [2.75, 3.05) is 11.9 Å². The van der Waals surface area contributed by atoms with Crippen LogP contribution in [0.2, 0.25) is 0 Å². The normalized spacial score (nSPS) is 15.7. The Morgan fingerprint density at radius 1 is 1.11 bits per heavy atom. The monoisotopic (exact) mass is 516 g/mol. The van der Waals surface area contributed by atoms with Gasteiger partial charge in [-0.1, -0.05) is 32.0 Å². The predicted molar refractivity (Wildman–Crippen MR) is 154 cm³/mol. The second-order valence-corrected chi connectivity index (χ2v) is 10.7. The number of guanidine groups is 1. The number of hydrogen-bond acceptors (Lipinski definition) is 2. The van der Waals surface area contributed by atoms with Gasteiger partial charge in [-0.2, -0.15) is 4.57 Å². The molecule has 8 nitrogen and oxygen atoms in total. The number of unbranched alkanes of at least 4 members (excludes halogenated alkanes) is 2. The van der Waals surface area contributed by atoms with Crippen molar-refractivity contribution < 1.29 is 19.4 Å². The molecule has 0 radical (unpaired) electrons. The third kappa shape index (κ3) is 5.74. The number of nitrogens with two attached hydrogens (primary N) is 4. The Morgan fingerprint density at radius 3 is 2.61 bits per heavy atom. The molecule has 0 saturated carbocycles. The number of para-hydroxylation sites is 2. The van der Waals surface area contributed by atoms with Crippen LogP contribution in [0, 0.1) is 0 Å². The zero-order chi connectivity index (χ0) is 27.4. The molecule has 0 saturated heterocycles. The number of anilines is 1. The number of likely N-dealkylation sites (N-methyl/N-ethyl adjacent to an activating group) is 1. The minimum atomic E-state index is -0.168. The lowest BCUT2D eigenvalue weighted by Crippen LogP contribution is -2.76. The number of aromatic nitrogens is 1. The van der Waals surface area contributed by atoms with E-state index >= 15 is 0 Å². The molecule has 200 valence electrons. The highest BCUT2D eigenvalue weighted by Gasteiger charge is 2.38. The van der Waals surface area contributed by atoms with Crippen LogP contribution in [0.3, 0.4) is 0 Å². The Hall–Kier alpha value is -4.07. The maximum Gasteiger partial charge on any atom is 0.374 e. The molecular formula is C30H42N7O+3. The van der Waals surface area contributed by atoms with Crippen LogP contribution in [-0.2, 0) is 18.5 Å². The van der Waals surface area contributed by atoms with E-state index < -0.39 is 0 Å². The van der Waals surface area contributed by atoms with Gasteiger partial charge < -0.3 is 9.32 Å². The van der Waals surface area contributed by atoms with Gasteiger partial charge in [-0.05, 0) is 60.7 Å². The van der Waals surface area contributed by atoms with Crippen molar-refractivity contribution >= 4 is 34.7 Å². The Morgan fingerprint density at radius 2 is 1.87 bits per heavy atom. The summed E-state index contributed by atoms with van der Waals surface area (Å²) in [6.07, 6.45) is 8.24. The van der Waals surface area contributed by atoms with Gasteiger partial charge in [0, 0.05) is 42.8 Å². The fourth-order valence-electron chi connectivity index (χ4n) is 5.27. The average molecular weight is 517 g/mol. The summed E-state index contributed by atoms with van der Waals surface area (Å²) in [5, 5.41) is 5.62. The molecule has 38 heavy (non-hydrogen) atoms. The SMILES string of the molecule is CC(=Cc1oc2ccccc2[n+]1CCCCCC(N)=[NH2+])C=C1N(C)c2ccc(C[NH+]=C(N)N)cc2C1(C)C. The average Bonchev–Trinajstić information content (AvgIpc) is 3.29. The van der Waals surface area contributed by atoms with Crippen LogP contribution in [0.4, 0.5) is 5.69 Å². The molecule has 0 amide bonds. The number of benzene rings is 2. The third-order valence-electron chi connectivity index (χ3n) is 7.29. The van der Waals surface area contributed by atoms with Gasteiger partial charge in [0.1, 0.15) is 0 Å². The molecule has 1 aliphatic rings. The summed E-state index contributed by atoms with van der Waals surface area (Å²) in [5.41, 5.74) is 24.6. The second kappa shape index (κ2) is 11.1. The molecular weight excluding hydrogens is 474 g/mol. The Labute approximate surface area is 225 Å². The highest BCUT2D eigenvalue weighted by Crippen LogP contribution is 2.47. The van der Waals surface area contributed by atoms with Crippen LogP contribution in [0.5, 0.6) is 0 Å². The van der Waals surface area contributed by atoms with Gasteiger partial charge in [0.05, 0.1) is 12.6 Å². The van der Waals surface area contributed by atoms with Crippen molar-refractivity contribution in [3.8, 4) is 0 Å². The molecule has 0 spiro atoms. The van der Waals surface area contributed by atoms with Crippen molar-refractivity contribution in [3.63, 3.8) is 0 Å². The summed E-state index contributed by atoms with van der Waals surface area (Å²) in [6, 6.07) is 14.7. The van der Waals surface area contributed by atoms with Crippen LogP contribution < -0.4 is 37.1 Å². The van der Waals surface area contributed by atoms with Crippen molar-refractivity contribution in [1.29, 1.82) is 0 Å². The molecule has 3 aromatic rings. The summed E-state index contributed by atoms with van der Waals surface area (Å²) in [7, 11) is 2.13. The number of fused-ring (bicyclic) bond motifs is 2. The first-order valence-corrected chi connectivity index (χ1v) is 13.3. The van der Waals surface area contributed by atoms with Crippen molar-refractivity contribution in [3.05, 3.63) is 76.8 Å². The number of nitrogens with zero attached hydrogens (tertiary/aromatic N) is 2. The number of hydrogen-bond donors (Lipinski definition) is 5. The zero-order valence-electron chi connectivity index (χ0n) is 23.1. The number of aryl methyl sites for hydroxylation is 1. The summed E-state index contributed by atoms with van der Waals surface area (Å²) >= 11 is 0. The molecule has 0 fully saturated rings. The molecule has 2 heterocycles. The van der Waals surface area contributed by atoms with Gasteiger partial charge in [-0.25, -0.2) is 0 Å². The summed E-state index contributed by atoms with van der Waals surface area (Å²) in [5.74, 6) is 1.59. The summed E-state index contributed by atoms with van der Waals surface area (Å²) < 4.78 is 8.57. The number of amidine groups is 1. The highest BCUT2D eigenvalue weighted by atomic mass is 16.3. The lowest BCUT2D eigenvalue weighted by atomic mass is 9.82. The highest BCUT2D eigenvalue weighted by molar-refractivity contribution is 5.74. The second-order valence-electron chi connectivity index (χ2n) is 10.7. The predicted octanol–water partition coefficient (Wildman–Crippen LogP) is 0.966. The first-order valence-electron chi connectivity index (χ1n) is 13.3. The van der Waals surface area contributed by atoms with E-state index in [-0.39, 0.29) is 11.4 Å². The maximum atomic E-state index is 6.30. The van der Waals surface area contributed by atoms with E-state index in [1.54, 1.807) is 0 Å². The zero-order valence-corrected chi connectivity index (χ0v) is 23.1. The number of oxazole rings is 1. The van der Waals surface area contributed by atoms with Gasteiger partial charge in [-0.15, -0.1) is 0 Å². The molecule has 1 aromatic heterocycles. The Kier molecular flexibility index (Phi) is 7.90. The molecule has 8 heteroatoms. The van der Waals surface area contributed by atoms with Crippen LogP contribution >= 0.6 is 0 Å². The van der Waals surface area contributed by atoms with Crippen molar-refractivity contribution in [1.82, 2.24) is 0 Å². The number of rotatable bonds is 10. The minimum absolute atomic E-state index is 0.168. The van der Waals surface area contributed by atoms with Gasteiger partial charge in [-0.3, -0.25) is 27.6 Å². The Bertz CT molecular complexity index is 1420. The van der Waals surface area contributed by atoms with Crippen LogP contribution in [0.15, 0.2) is 64.2 Å². The van der Waals surface area contributed by atoms with Gasteiger partial charge >= 0.3 is 11.9 Å². The molecule has 4 rings (SSSR count). The molecule has 0 unspecified atom stereocenters. The fourth-order valence-corrected chi connectivity index (χ4v) is 5.27. The molecule has 0 atom stereocenters. The minimum Gasteiger partial charge on any atom is -0.398 e. The van der Waals surface area contributed by atoms with Crippen LogP contribution in [0.1, 0.15) is 63.5 Å². The van der Waals surface area contributed by atoms with Gasteiger partial charge in [0.25, 0.3) is 5.52 Å². The van der Waals surface area contributed by atoms with Gasteiger partial charge in [0.2, 0.25) is 11.4 Å². The summed E-state index contributed by atoms with van der Waals surface area (Å²) in [4.78, 5) is 5.29. The standard InChI is InChI=1S/C30H40N7O/c1-20(16-26-30(2,3)22-18-21(19-35-29(33)34)13-14-23(22)36(26)4)17-28-37(15-9-5-6-12-27(31)32)24-10-7-8-11-25(24)38-28/h7-8,10-11,13-14,16-18H,5-6,9,12,15,19H2,1-4H3,(H3,31,32)(H4,33,34,35)/q+1/p+2. The molecule has 1 aliphatic heterocycles. The quantitative estimate of drug-likeness (QED) is 0.118. The van der Waals surface area contributed by atoms with Crippen LogP contribution in [-0.4, -0.2) is 18.8 Å². The van der Waals surface area contributed by atoms with E-state index in [1.807, 2.05) is 12.1 Å². The molecule has 0 bridgehead atoms. The third-order valence-corrected chi connectivity index (χ3v) is 7.29. The van der Waals surface area contributed by atoms with E-state index in [9.17, 15) is 0 Å². The first kappa shape index (κ1) is 27.0. The molecule has 9 N–H and O–H groups in total. The molecule has 0 aliphatic carbocycles. The topological polar surface area (TPSA) is 138 Å². The maximum absolute atomic E-state index is 6.30. The van der Waals surface area contributed by atoms with E-state index in [2.05, 4.69) is 84.8 Å². The van der Waals surface area contributed by atoms with Crippen molar-refractivity contribution in [2.45, 2.75) is 65.0 Å². The fraction of sp³-hybridized carbons (Fsp3) is 0.367. The van der Waals surface area contributed by atoms with E-state index in [1.165, 1.54) is 16.9 Å². The number of allylic oxidation sites excluding steroid dienone is 3. The number of nitrogens with one attached hydrogen (secondary N) is 1. The van der Waals surface area contributed by atoms with E-state index in [4.69, 9.17) is 27.0 Å². The lowest BCUT2D eigenvalue weighted by molar-refractivity contribution is -0.678. The Balaban J connectivity index is 1.62. The molecule has 2 aromatic carbocycles. The largest absolute Gasteiger partial charge is 0.398 e. The van der Waals surface area contributed by atoms with Crippen molar-refractivity contribution in [2.24, 2.45) is 17.2 Å². The summed E-state index contributed by atoms with van der Waals surface area (Å²) in [6.45, 7) is 8.13.